The number of alkyl halides is 3. The van der Waals surface area contributed by atoms with Gasteiger partial charge in [0.05, 0.1) is 17.8 Å². The molecule has 0 spiro atoms. The Morgan fingerprint density at radius 1 is 1.26 bits per heavy atom. The highest BCUT2D eigenvalue weighted by Gasteiger charge is 2.33. The number of nitrogens with zero attached hydrogens (tertiary/aromatic N) is 2. The van der Waals surface area contributed by atoms with Gasteiger partial charge in [-0.15, -0.1) is 0 Å². The molecule has 3 aromatic rings. The number of pyridine rings is 1. The van der Waals surface area contributed by atoms with E-state index in [1.165, 1.54) is 6.92 Å². The monoisotopic (exact) mass is 438 g/mol. The van der Waals surface area contributed by atoms with Gasteiger partial charge in [0.1, 0.15) is 11.3 Å². The van der Waals surface area contributed by atoms with Gasteiger partial charge < -0.3 is 19.4 Å². The van der Waals surface area contributed by atoms with Crippen LogP contribution in [0.15, 0.2) is 41.1 Å². The van der Waals surface area contributed by atoms with Gasteiger partial charge in [0, 0.05) is 23.4 Å². The maximum Gasteiger partial charge on any atom is 0.433 e. The first-order valence-corrected chi connectivity index (χ1v) is 8.57. The minimum Gasteiger partial charge on any atom is -0.504 e. The van der Waals surface area contributed by atoms with Crippen molar-refractivity contribution in [2.24, 2.45) is 0 Å². The van der Waals surface area contributed by atoms with Gasteiger partial charge in [-0.05, 0) is 30.7 Å². The van der Waals surface area contributed by atoms with Crippen molar-refractivity contribution in [1.82, 2.24) is 4.98 Å². The molecule has 1 aromatic carbocycles. The summed E-state index contributed by atoms with van der Waals surface area (Å²) in [4.78, 5) is 26.1. The van der Waals surface area contributed by atoms with E-state index >= 15 is 0 Å². The maximum atomic E-state index is 12.8. The molecule has 2 heterocycles. The van der Waals surface area contributed by atoms with Crippen molar-refractivity contribution < 1.29 is 42.3 Å². The van der Waals surface area contributed by atoms with Gasteiger partial charge in [-0.25, -0.2) is 4.79 Å². The lowest BCUT2D eigenvalue weighted by atomic mass is 9.99. The molecule has 0 saturated carbocycles. The highest BCUT2D eigenvalue weighted by atomic mass is 19.4. The van der Waals surface area contributed by atoms with E-state index in [9.17, 15) is 38.3 Å². The quantitative estimate of drug-likeness (QED) is 0.257. The SMILES string of the molecule is CCOC(=O)c1c(-c2cc(O)c(O)c([N+](=O)[O-])c2)coc1-c1ccc(C(F)(F)F)nc1. The van der Waals surface area contributed by atoms with E-state index in [0.29, 0.717) is 6.07 Å². The number of esters is 1. The van der Waals surface area contributed by atoms with E-state index in [4.69, 9.17) is 9.15 Å². The van der Waals surface area contributed by atoms with E-state index in [-0.39, 0.29) is 34.6 Å². The van der Waals surface area contributed by atoms with Crippen LogP contribution < -0.4 is 0 Å². The van der Waals surface area contributed by atoms with Crippen molar-refractivity contribution in [2.75, 3.05) is 6.61 Å². The van der Waals surface area contributed by atoms with E-state index < -0.39 is 39.9 Å². The molecule has 2 aromatic heterocycles. The van der Waals surface area contributed by atoms with Crippen LogP contribution in [0.25, 0.3) is 22.5 Å². The van der Waals surface area contributed by atoms with Crippen LogP contribution in [0.3, 0.4) is 0 Å². The fourth-order valence-electron chi connectivity index (χ4n) is 2.78. The van der Waals surface area contributed by atoms with Crippen LogP contribution in [0, 0.1) is 10.1 Å². The molecule has 0 bridgehead atoms. The maximum absolute atomic E-state index is 12.8. The van der Waals surface area contributed by atoms with Gasteiger partial charge in [-0.3, -0.25) is 15.1 Å². The molecule has 9 nitrogen and oxygen atoms in total. The van der Waals surface area contributed by atoms with Crippen molar-refractivity contribution in [3.63, 3.8) is 0 Å². The Morgan fingerprint density at radius 3 is 2.52 bits per heavy atom. The summed E-state index contributed by atoms with van der Waals surface area (Å²) in [7, 11) is 0. The molecular weight excluding hydrogens is 425 g/mol. The third-order valence-electron chi connectivity index (χ3n) is 4.16. The number of benzene rings is 1. The molecular formula is C19H13F3N2O7. The third kappa shape index (κ3) is 4.13. The number of phenols is 2. The number of carbonyl (C=O) groups is 1. The number of aromatic hydroxyl groups is 2. The number of rotatable bonds is 5. The molecule has 0 aliphatic rings. The molecule has 0 amide bonds. The Hall–Kier alpha value is -4.09. The second-order valence-corrected chi connectivity index (χ2v) is 6.12. The van der Waals surface area contributed by atoms with Gasteiger partial charge in [-0.1, -0.05) is 0 Å². The predicted molar refractivity (Wildman–Crippen MR) is 98.3 cm³/mol. The molecule has 0 aliphatic heterocycles. The number of nitro benzene ring substituents is 1. The highest BCUT2D eigenvalue weighted by molar-refractivity contribution is 6.03. The number of halogens is 3. The molecule has 0 saturated heterocycles. The molecule has 3 rings (SSSR count). The lowest BCUT2D eigenvalue weighted by molar-refractivity contribution is -0.385. The zero-order valence-corrected chi connectivity index (χ0v) is 15.6. The van der Waals surface area contributed by atoms with Crippen LogP contribution in [-0.4, -0.2) is 32.7 Å². The van der Waals surface area contributed by atoms with E-state index in [1.807, 2.05) is 0 Å². The first kappa shape index (κ1) is 21.6. The smallest absolute Gasteiger partial charge is 0.433 e. The Morgan fingerprint density at radius 2 is 1.97 bits per heavy atom. The Labute approximate surface area is 171 Å². The first-order chi connectivity index (χ1) is 14.5. The zero-order chi connectivity index (χ0) is 22.9. The average molecular weight is 438 g/mol. The summed E-state index contributed by atoms with van der Waals surface area (Å²) in [6, 6.07) is 3.60. The average Bonchev–Trinajstić information content (AvgIpc) is 3.14. The lowest BCUT2D eigenvalue weighted by Crippen LogP contribution is -2.08. The zero-order valence-electron chi connectivity index (χ0n) is 15.6. The van der Waals surface area contributed by atoms with Gasteiger partial charge >= 0.3 is 17.8 Å². The minimum atomic E-state index is -4.67. The van der Waals surface area contributed by atoms with Crippen molar-refractivity contribution in [3.8, 4) is 33.9 Å². The Bertz CT molecular complexity index is 1150. The summed E-state index contributed by atoms with van der Waals surface area (Å²) in [5.41, 5.74) is -2.34. The van der Waals surface area contributed by atoms with E-state index in [1.54, 1.807) is 0 Å². The van der Waals surface area contributed by atoms with Gasteiger partial charge in [0.2, 0.25) is 5.75 Å². The number of phenolic OH excluding ortho intramolecular Hbond substituents is 2. The topological polar surface area (TPSA) is 136 Å². The third-order valence-corrected chi connectivity index (χ3v) is 4.16. The number of hydrogen-bond acceptors (Lipinski definition) is 8. The second-order valence-electron chi connectivity index (χ2n) is 6.12. The van der Waals surface area contributed by atoms with Crippen LogP contribution >= 0.6 is 0 Å². The van der Waals surface area contributed by atoms with Gasteiger partial charge in [0.25, 0.3) is 0 Å². The fourth-order valence-corrected chi connectivity index (χ4v) is 2.78. The molecule has 162 valence electrons. The predicted octanol–water partition coefficient (Wildman–Crippen LogP) is 4.52. The largest absolute Gasteiger partial charge is 0.504 e. The molecule has 0 aliphatic carbocycles. The number of hydrogen-bond donors (Lipinski definition) is 2. The Balaban J connectivity index is 2.19. The van der Waals surface area contributed by atoms with Crippen molar-refractivity contribution in [3.05, 3.63) is 58.1 Å². The summed E-state index contributed by atoms with van der Waals surface area (Å²) in [6.45, 7) is 1.48. The number of aromatic nitrogens is 1. The van der Waals surface area contributed by atoms with Crippen molar-refractivity contribution in [2.45, 2.75) is 13.1 Å². The molecule has 0 atom stereocenters. The number of carbonyl (C=O) groups excluding carboxylic acids is 1. The van der Waals surface area contributed by atoms with Crippen molar-refractivity contribution in [1.29, 1.82) is 0 Å². The standard InChI is InChI=1S/C19H13F3N2O7/c1-2-30-18(27)15-11(10-5-12(24(28)29)16(26)13(25)6-10)8-31-17(15)9-3-4-14(23-7-9)19(20,21)22/h3-8,25-26H,2H2,1H3. The number of furan rings is 1. The van der Waals surface area contributed by atoms with E-state index in [2.05, 4.69) is 4.98 Å². The summed E-state index contributed by atoms with van der Waals surface area (Å²) in [5, 5.41) is 30.6. The van der Waals surface area contributed by atoms with E-state index in [0.717, 1.165) is 30.7 Å². The molecule has 0 radical (unpaired) electrons. The Kier molecular flexibility index (Phi) is 5.56. The second kappa shape index (κ2) is 7.97. The van der Waals surface area contributed by atoms with Crippen LogP contribution in [0.2, 0.25) is 0 Å². The minimum absolute atomic E-state index is 0.0137. The molecule has 2 N–H and O–H groups in total. The summed E-state index contributed by atoms with van der Waals surface area (Å²) < 4.78 is 48.6. The summed E-state index contributed by atoms with van der Waals surface area (Å²) in [6.07, 6.45) is -2.79. The lowest BCUT2D eigenvalue weighted by Gasteiger charge is -2.08. The summed E-state index contributed by atoms with van der Waals surface area (Å²) >= 11 is 0. The highest BCUT2D eigenvalue weighted by Crippen LogP contribution is 2.42. The van der Waals surface area contributed by atoms with Gasteiger partial charge in [-0.2, -0.15) is 13.2 Å². The molecule has 0 fully saturated rings. The first-order valence-electron chi connectivity index (χ1n) is 8.57. The van der Waals surface area contributed by atoms with Crippen LogP contribution in [0.4, 0.5) is 18.9 Å². The van der Waals surface area contributed by atoms with Crippen molar-refractivity contribution >= 4 is 11.7 Å². The van der Waals surface area contributed by atoms with Gasteiger partial charge in [0.15, 0.2) is 11.5 Å². The van der Waals surface area contributed by atoms with Crippen LogP contribution in [-0.2, 0) is 10.9 Å². The number of ether oxygens (including phenoxy) is 1. The summed E-state index contributed by atoms with van der Waals surface area (Å²) in [5.74, 6) is -2.90. The fraction of sp³-hybridized carbons (Fsp3) is 0.158. The normalized spacial score (nSPS) is 11.4. The molecule has 12 heteroatoms. The number of nitro groups is 1. The van der Waals surface area contributed by atoms with Crippen LogP contribution in [0.1, 0.15) is 23.0 Å². The molecule has 0 unspecified atom stereocenters. The van der Waals surface area contributed by atoms with Crippen LogP contribution in [0.5, 0.6) is 11.5 Å². The molecule has 31 heavy (non-hydrogen) atoms.